The number of pyridine rings is 1. The Balaban J connectivity index is 0.00000192. The maximum atomic E-state index is 5.29. The molecule has 1 atom stereocenters. The number of halogens is 1. The first kappa shape index (κ1) is 17.5. The van der Waals surface area contributed by atoms with Gasteiger partial charge in [-0.3, -0.25) is 4.98 Å². The van der Waals surface area contributed by atoms with Crippen LogP contribution in [0.2, 0.25) is 0 Å². The highest BCUT2D eigenvalue weighted by Gasteiger charge is 2.12. The molecular weight excluding hydrogens is 334 g/mol. The Morgan fingerprint density at radius 2 is 2.17 bits per heavy atom. The second-order valence-electron chi connectivity index (χ2n) is 5.03. The van der Waals surface area contributed by atoms with Gasteiger partial charge in [0, 0.05) is 24.0 Å². The molecule has 0 fully saturated rings. The summed E-state index contributed by atoms with van der Waals surface area (Å²) in [6.07, 6.45) is 3.06. The quantitative estimate of drug-likeness (QED) is 0.735. The number of hydrogen-bond donors (Lipinski definition) is 1. The van der Waals surface area contributed by atoms with Gasteiger partial charge in [-0.25, -0.2) is 4.98 Å². The van der Waals surface area contributed by atoms with Crippen molar-refractivity contribution in [2.75, 3.05) is 7.05 Å². The van der Waals surface area contributed by atoms with Gasteiger partial charge in [0.1, 0.15) is 5.01 Å². The van der Waals surface area contributed by atoms with E-state index in [1.165, 1.54) is 0 Å². The third-order valence-electron chi connectivity index (χ3n) is 3.26. The third kappa shape index (κ3) is 4.57. The molecule has 0 aliphatic heterocycles. The van der Waals surface area contributed by atoms with Crippen LogP contribution in [-0.2, 0) is 12.8 Å². The van der Waals surface area contributed by atoms with Crippen LogP contribution in [-0.4, -0.2) is 33.2 Å². The number of nitrogens with zero attached hydrogens (tertiary/aromatic N) is 4. The summed E-state index contributed by atoms with van der Waals surface area (Å²) < 4.78 is 5.29. The largest absolute Gasteiger partial charge is 0.339 e. The summed E-state index contributed by atoms with van der Waals surface area (Å²) in [5, 5.41) is 10.1. The van der Waals surface area contributed by atoms with E-state index < -0.39 is 0 Å². The van der Waals surface area contributed by atoms with Crippen molar-refractivity contribution in [3.63, 3.8) is 0 Å². The highest BCUT2D eigenvalue weighted by Crippen LogP contribution is 2.22. The Morgan fingerprint density at radius 3 is 2.91 bits per heavy atom. The Morgan fingerprint density at radius 1 is 1.30 bits per heavy atom. The van der Waals surface area contributed by atoms with Crippen LogP contribution >= 0.6 is 23.7 Å². The number of thiazole rings is 1. The molecule has 0 aliphatic rings. The van der Waals surface area contributed by atoms with Gasteiger partial charge in [0.2, 0.25) is 5.89 Å². The van der Waals surface area contributed by atoms with Gasteiger partial charge in [-0.05, 0) is 26.1 Å². The minimum atomic E-state index is 0. The van der Waals surface area contributed by atoms with Crippen LogP contribution in [0.5, 0.6) is 0 Å². The molecular formula is C15H18ClN5OS. The average molecular weight is 352 g/mol. The lowest BCUT2D eigenvalue weighted by Gasteiger charge is -2.04. The van der Waals surface area contributed by atoms with Gasteiger partial charge in [-0.15, -0.1) is 23.7 Å². The van der Waals surface area contributed by atoms with Crippen LogP contribution < -0.4 is 5.32 Å². The summed E-state index contributed by atoms with van der Waals surface area (Å²) in [7, 11) is 1.92. The molecule has 0 aromatic carbocycles. The fourth-order valence-electron chi connectivity index (χ4n) is 1.97. The van der Waals surface area contributed by atoms with E-state index in [2.05, 4.69) is 32.3 Å². The number of hydrogen-bond acceptors (Lipinski definition) is 7. The molecule has 0 spiro atoms. The first-order valence-electron chi connectivity index (χ1n) is 7.09. The van der Waals surface area contributed by atoms with Crippen molar-refractivity contribution in [1.29, 1.82) is 0 Å². The topological polar surface area (TPSA) is 76.7 Å². The highest BCUT2D eigenvalue weighted by molar-refractivity contribution is 7.13. The van der Waals surface area contributed by atoms with E-state index in [-0.39, 0.29) is 12.4 Å². The highest BCUT2D eigenvalue weighted by atomic mass is 35.5. The van der Waals surface area contributed by atoms with E-state index in [4.69, 9.17) is 4.52 Å². The fourth-order valence-corrected chi connectivity index (χ4v) is 2.77. The summed E-state index contributed by atoms with van der Waals surface area (Å²) in [5.41, 5.74) is 1.80. The molecule has 1 unspecified atom stereocenters. The summed E-state index contributed by atoms with van der Waals surface area (Å²) in [5.74, 6) is 1.31. The van der Waals surface area contributed by atoms with Crippen molar-refractivity contribution < 1.29 is 4.52 Å². The van der Waals surface area contributed by atoms with Crippen molar-refractivity contribution in [3.05, 3.63) is 47.2 Å². The maximum Gasteiger partial charge on any atom is 0.232 e. The first-order valence-corrected chi connectivity index (χ1v) is 7.97. The lowest BCUT2D eigenvalue weighted by Crippen LogP contribution is -2.24. The molecule has 8 heteroatoms. The fraction of sp³-hybridized carbons (Fsp3) is 0.333. The molecule has 3 rings (SSSR count). The van der Waals surface area contributed by atoms with Crippen LogP contribution in [0.25, 0.3) is 10.7 Å². The molecule has 1 N–H and O–H groups in total. The van der Waals surface area contributed by atoms with E-state index >= 15 is 0 Å². The number of nitrogens with one attached hydrogen (secondary N) is 1. The number of rotatable bonds is 6. The molecule has 0 radical (unpaired) electrons. The van der Waals surface area contributed by atoms with Crippen molar-refractivity contribution in [2.45, 2.75) is 25.8 Å². The molecule has 3 aromatic rings. The van der Waals surface area contributed by atoms with Crippen LogP contribution in [0.15, 0.2) is 34.3 Å². The van der Waals surface area contributed by atoms with Gasteiger partial charge in [0.05, 0.1) is 17.8 Å². The van der Waals surface area contributed by atoms with Gasteiger partial charge >= 0.3 is 0 Å². The standard InChI is InChI=1S/C15H17N5OS.ClH/c1-10(16-2)7-13-19-14(21-20-13)8-11-9-22-15(18-11)12-5-3-4-6-17-12;/h3-6,9-10,16H,7-8H2,1-2H3;1H. The van der Waals surface area contributed by atoms with Crippen LogP contribution in [0.1, 0.15) is 24.3 Å². The van der Waals surface area contributed by atoms with Gasteiger partial charge in [-0.1, -0.05) is 11.2 Å². The summed E-state index contributed by atoms with van der Waals surface area (Å²) in [6.45, 7) is 2.08. The molecule has 0 aliphatic carbocycles. The number of aromatic nitrogens is 4. The van der Waals surface area contributed by atoms with Crippen molar-refractivity contribution >= 4 is 23.7 Å². The normalized spacial score (nSPS) is 11.9. The SMILES string of the molecule is CNC(C)Cc1noc(Cc2csc(-c3ccccn3)n2)n1.Cl. The Labute approximate surface area is 144 Å². The second-order valence-corrected chi connectivity index (χ2v) is 5.89. The van der Waals surface area contributed by atoms with Crippen LogP contribution in [0.4, 0.5) is 0 Å². The minimum Gasteiger partial charge on any atom is -0.339 e. The molecule has 3 aromatic heterocycles. The second kappa shape index (κ2) is 8.14. The van der Waals surface area contributed by atoms with Crippen LogP contribution in [0.3, 0.4) is 0 Å². The van der Waals surface area contributed by atoms with E-state index in [9.17, 15) is 0 Å². The first-order chi connectivity index (χ1) is 10.7. The zero-order chi connectivity index (χ0) is 15.4. The molecule has 0 saturated carbocycles. The number of likely N-dealkylation sites (N-methyl/N-ethyl adjacent to an activating group) is 1. The molecule has 23 heavy (non-hydrogen) atoms. The van der Waals surface area contributed by atoms with Gasteiger partial charge in [-0.2, -0.15) is 4.98 Å². The zero-order valence-electron chi connectivity index (χ0n) is 12.9. The summed E-state index contributed by atoms with van der Waals surface area (Å²) in [4.78, 5) is 13.3. The molecule has 0 saturated heterocycles. The molecule has 6 nitrogen and oxygen atoms in total. The van der Waals surface area contributed by atoms with Crippen molar-refractivity contribution in [1.82, 2.24) is 25.4 Å². The molecule has 0 amide bonds. The maximum absolute atomic E-state index is 5.29. The molecule has 122 valence electrons. The lowest BCUT2D eigenvalue weighted by molar-refractivity contribution is 0.376. The third-order valence-corrected chi connectivity index (χ3v) is 4.17. The predicted octanol–water partition coefficient (Wildman–Crippen LogP) is 2.75. The van der Waals surface area contributed by atoms with Crippen LogP contribution in [0, 0.1) is 0 Å². The van der Waals surface area contributed by atoms with Crippen molar-refractivity contribution in [2.24, 2.45) is 0 Å². The molecule has 0 bridgehead atoms. The Bertz CT molecular complexity index is 730. The van der Waals surface area contributed by atoms with E-state index in [1.54, 1.807) is 17.5 Å². The zero-order valence-corrected chi connectivity index (χ0v) is 14.5. The monoisotopic (exact) mass is 351 g/mol. The average Bonchev–Trinajstić information content (AvgIpc) is 3.18. The Kier molecular flexibility index (Phi) is 6.20. The Hall–Kier alpha value is -1.83. The van der Waals surface area contributed by atoms with E-state index in [1.807, 2.05) is 30.6 Å². The molecule has 3 heterocycles. The van der Waals surface area contributed by atoms with Crippen molar-refractivity contribution in [3.8, 4) is 10.7 Å². The smallest absolute Gasteiger partial charge is 0.232 e. The van der Waals surface area contributed by atoms with E-state index in [0.717, 1.165) is 28.6 Å². The minimum absolute atomic E-state index is 0. The van der Waals surface area contributed by atoms with E-state index in [0.29, 0.717) is 18.4 Å². The van der Waals surface area contributed by atoms with Gasteiger partial charge in [0.25, 0.3) is 0 Å². The predicted molar refractivity (Wildman–Crippen MR) is 91.9 cm³/mol. The summed E-state index contributed by atoms with van der Waals surface area (Å²) >= 11 is 1.57. The lowest BCUT2D eigenvalue weighted by atomic mass is 10.2. The van der Waals surface area contributed by atoms with Gasteiger partial charge < -0.3 is 9.84 Å². The summed E-state index contributed by atoms with van der Waals surface area (Å²) in [6, 6.07) is 6.12. The van der Waals surface area contributed by atoms with Gasteiger partial charge in [0.15, 0.2) is 5.82 Å².